The molecular weight excluding hydrogens is 335 g/mol. The van der Waals surface area contributed by atoms with E-state index in [-0.39, 0.29) is 5.82 Å². The minimum absolute atomic E-state index is 0.312. The average molecular weight is 352 g/mol. The highest BCUT2D eigenvalue weighted by Gasteiger charge is 2.11. The number of rotatable bonds is 6. The molecule has 0 aliphatic carbocycles. The van der Waals surface area contributed by atoms with Crippen molar-refractivity contribution in [1.82, 2.24) is 24.8 Å². The molecule has 0 unspecified atom stereocenters. The summed E-state index contributed by atoms with van der Waals surface area (Å²) in [5.74, 6) is 0.397. The van der Waals surface area contributed by atoms with Crippen LogP contribution in [0, 0.1) is 5.82 Å². The zero-order valence-electron chi connectivity index (χ0n) is 14.1. The summed E-state index contributed by atoms with van der Waals surface area (Å²) in [7, 11) is 1.63. The fourth-order valence-electron chi connectivity index (χ4n) is 2.75. The Kier molecular flexibility index (Phi) is 4.32. The monoisotopic (exact) mass is 352 g/mol. The molecule has 0 spiro atoms. The van der Waals surface area contributed by atoms with E-state index in [9.17, 15) is 4.39 Å². The van der Waals surface area contributed by atoms with Crippen molar-refractivity contribution in [3.63, 3.8) is 0 Å². The molecule has 8 heteroatoms. The van der Waals surface area contributed by atoms with Crippen molar-refractivity contribution in [2.45, 2.75) is 13.2 Å². The molecule has 0 bridgehead atoms. The molecular formula is C18H17FN6O. The van der Waals surface area contributed by atoms with Crippen LogP contribution in [0.2, 0.25) is 0 Å². The number of methoxy groups -OCH3 is 1. The van der Waals surface area contributed by atoms with Crippen molar-refractivity contribution < 1.29 is 9.13 Å². The molecule has 4 aromatic rings. The number of benzene rings is 1. The van der Waals surface area contributed by atoms with Gasteiger partial charge >= 0.3 is 0 Å². The minimum Gasteiger partial charge on any atom is -0.378 e. The summed E-state index contributed by atoms with van der Waals surface area (Å²) < 4.78 is 20.9. The van der Waals surface area contributed by atoms with Gasteiger partial charge in [0.2, 0.25) is 0 Å². The Morgan fingerprint density at radius 3 is 2.96 bits per heavy atom. The van der Waals surface area contributed by atoms with E-state index in [4.69, 9.17) is 4.74 Å². The van der Waals surface area contributed by atoms with E-state index < -0.39 is 0 Å². The van der Waals surface area contributed by atoms with Crippen LogP contribution < -0.4 is 5.32 Å². The maximum atomic E-state index is 14.2. The molecule has 1 aromatic carbocycles. The Labute approximate surface area is 148 Å². The molecule has 2 N–H and O–H groups in total. The number of fused-ring (bicyclic) bond motifs is 1. The first-order valence-corrected chi connectivity index (χ1v) is 8.10. The second-order valence-electron chi connectivity index (χ2n) is 5.78. The SMILES string of the molecule is COCc1cc(CNc2cc(-c3ccccc3F)nc3ccnn23)[nH]n1. The zero-order valence-corrected chi connectivity index (χ0v) is 14.1. The first-order chi connectivity index (χ1) is 12.7. The van der Waals surface area contributed by atoms with Gasteiger partial charge in [0.15, 0.2) is 5.65 Å². The predicted molar refractivity (Wildman–Crippen MR) is 95.0 cm³/mol. The number of halogens is 1. The van der Waals surface area contributed by atoms with Crippen molar-refractivity contribution in [2.75, 3.05) is 12.4 Å². The lowest BCUT2D eigenvalue weighted by Gasteiger charge is -2.10. The van der Waals surface area contributed by atoms with Crippen LogP contribution in [-0.2, 0) is 17.9 Å². The summed E-state index contributed by atoms with van der Waals surface area (Å²) in [5, 5.41) is 14.7. The molecule has 4 rings (SSSR count). The first-order valence-electron chi connectivity index (χ1n) is 8.10. The third-order valence-electron chi connectivity index (χ3n) is 3.95. The Bertz CT molecular complexity index is 1040. The summed E-state index contributed by atoms with van der Waals surface area (Å²) >= 11 is 0. The Balaban J connectivity index is 1.65. The minimum atomic E-state index is -0.312. The van der Waals surface area contributed by atoms with Crippen molar-refractivity contribution >= 4 is 11.5 Å². The number of aromatic amines is 1. The molecule has 0 amide bonds. The molecule has 0 fully saturated rings. The molecule has 0 saturated carbocycles. The molecule has 0 aliphatic rings. The van der Waals surface area contributed by atoms with Gasteiger partial charge in [0.1, 0.15) is 11.6 Å². The van der Waals surface area contributed by atoms with E-state index in [0.29, 0.717) is 35.9 Å². The van der Waals surface area contributed by atoms with Crippen LogP contribution >= 0.6 is 0 Å². The van der Waals surface area contributed by atoms with E-state index in [1.165, 1.54) is 6.07 Å². The molecule has 0 radical (unpaired) electrons. The number of hydrogen-bond donors (Lipinski definition) is 2. The Hall–Kier alpha value is -3.26. The second-order valence-corrected chi connectivity index (χ2v) is 5.78. The summed E-state index contributed by atoms with van der Waals surface area (Å²) in [6.45, 7) is 0.957. The van der Waals surface area contributed by atoms with Crippen LogP contribution in [0.25, 0.3) is 16.9 Å². The number of nitrogens with zero attached hydrogens (tertiary/aromatic N) is 4. The number of hydrogen-bond acceptors (Lipinski definition) is 5. The van der Waals surface area contributed by atoms with Gasteiger partial charge in [0, 0.05) is 24.8 Å². The smallest absolute Gasteiger partial charge is 0.157 e. The molecule has 3 heterocycles. The fraction of sp³-hybridized carbons (Fsp3) is 0.167. The molecule has 0 saturated heterocycles. The van der Waals surface area contributed by atoms with Gasteiger partial charge in [-0.1, -0.05) is 12.1 Å². The van der Waals surface area contributed by atoms with Gasteiger partial charge in [-0.15, -0.1) is 0 Å². The molecule has 3 aromatic heterocycles. The standard InChI is InChI=1S/C18H17FN6O/c1-26-11-13-8-12(23-24-13)10-20-18-9-16(14-4-2-3-5-15(14)19)22-17-6-7-21-25(17)18/h2-9,20H,10-11H2,1H3,(H,23,24). The lowest BCUT2D eigenvalue weighted by molar-refractivity contribution is 0.181. The maximum Gasteiger partial charge on any atom is 0.157 e. The lowest BCUT2D eigenvalue weighted by Crippen LogP contribution is -2.07. The summed E-state index contributed by atoms with van der Waals surface area (Å²) in [6, 6.07) is 12.1. The lowest BCUT2D eigenvalue weighted by atomic mass is 10.1. The Morgan fingerprint density at radius 1 is 1.23 bits per heavy atom. The van der Waals surface area contributed by atoms with E-state index in [2.05, 4.69) is 25.6 Å². The van der Waals surface area contributed by atoms with Gasteiger partial charge in [-0.25, -0.2) is 9.37 Å². The third-order valence-corrected chi connectivity index (χ3v) is 3.95. The van der Waals surface area contributed by atoms with Crippen LogP contribution in [0.1, 0.15) is 11.4 Å². The largest absolute Gasteiger partial charge is 0.378 e. The fourth-order valence-corrected chi connectivity index (χ4v) is 2.75. The summed E-state index contributed by atoms with van der Waals surface area (Å²) in [4.78, 5) is 4.49. The molecule has 26 heavy (non-hydrogen) atoms. The van der Waals surface area contributed by atoms with E-state index in [1.807, 2.05) is 6.07 Å². The van der Waals surface area contributed by atoms with Gasteiger partial charge in [0.25, 0.3) is 0 Å². The third kappa shape index (κ3) is 3.14. The van der Waals surface area contributed by atoms with Crippen molar-refractivity contribution in [1.29, 1.82) is 0 Å². The van der Waals surface area contributed by atoms with Gasteiger partial charge in [-0.2, -0.15) is 14.7 Å². The Morgan fingerprint density at radius 2 is 2.12 bits per heavy atom. The second kappa shape index (κ2) is 6.93. The predicted octanol–water partition coefficient (Wildman–Crippen LogP) is 3.02. The number of aromatic nitrogens is 5. The van der Waals surface area contributed by atoms with Gasteiger partial charge in [0.05, 0.1) is 36.4 Å². The molecule has 0 atom stereocenters. The van der Waals surface area contributed by atoms with Crippen LogP contribution in [0.3, 0.4) is 0 Å². The highest BCUT2D eigenvalue weighted by Crippen LogP contribution is 2.24. The van der Waals surface area contributed by atoms with E-state index >= 15 is 0 Å². The van der Waals surface area contributed by atoms with Gasteiger partial charge in [-0.05, 0) is 18.2 Å². The number of nitrogens with one attached hydrogen (secondary N) is 2. The highest BCUT2D eigenvalue weighted by molar-refractivity contribution is 5.66. The van der Waals surface area contributed by atoms with Crippen molar-refractivity contribution in [3.8, 4) is 11.3 Å². The van der Waals surface area contributed by atoms with Crippen LogP contribution in [0.5, 0.6) is 0 Å². The first kappa shape index (κ1) is 16.2. The normalized spacial score (nSPS) is 11.2. The molecule has 0 aliphatic heterocycles. The maximum absolute atomic E-state index is 14.2. The topological polar surface area (TPSA) is 80.1 Å². The van der Waals surface area contributed by atoms with E-state index in [0.717, 1.165) is 11.4 Å². The number of anilines is 1. The number of ether oxygens (including phenoxy) is 1. The van der Waals surface area contributed by atoms with Crippen molar-refractivity contribution in [2.24, 2.45) is 0 Å². The number of H-pyrrole nitrogens is 1. The summed E-state index contributed by atoms with van der Waals surface area (Å²) in [6.07, 6.45) is 1.66. The van der Waals surface area contributed by atoms with Crippen LogP contribution in [-0.4, -0.2) is 31.9 Å². The van der Waals surface area contributed by atoms with Gasteiger partial charge in [-0.3, -0.25) is 5.10 Å². The highest BCUT2D eigenvalue weighted by atomic mass is 19.1. The van der Waals surface area contributed by atoms with Crippen molar-refractivity contribution in [3.05, 3.63) is 65.9 Å². The summed E-state index contributed by atoms with van der Waals surface area (Å²) in [5.41, 5.74) is 3.36. The quantitative estimate of drug-likeness (QED) is 0.558. The zero-order chi connectivity index (χ0) is 17.9. The molecule has 7 nitrogen and oxygen atoms in total. The van der Waals surface area contributed by atoms with Crippen LogP contribution in [0.4, 0.5) is 10.2 Å². The molecule has 132 valence electrons. The van der Waals surface area contributed by atoms with Crippen LogP contribution in [0.15, 0.2) is 48.7 Å². The van der Waals surface area contributed by atoms with Gasteiger partial charge < -0.3 is 10.1 Å². The average Bonchev–Trinajstić information content (AvgIpc) is 3.29. The van der Waals surface area contributed by atoms with E-state index in [1.54, 1.807) is 48.2 Å².